The Kier molecular flexibility index (Phi) is 4.16. The Hall–Kier alpha value is -0.380. The Morgan fingerprint density at radius 1 is 1.38 bits per heavy atom. The van der Waals surface area contributed by atoms with Crippen LogP contribution in [0.4, 0.5) is 13.2 Å². The summed E-state index contributed by atoms with van der Waals surface area (Å²) in [6.07, 6.45) is -3.35. The van der Waals surface area contributed by atoms with E-state index in [2.05, 4.69) is 0 Å². The second-order valence-electron chi connectivity index (χ2n) is 3.51. The number of rotatable bonds is 6. The predicted molar refractivity (Wildman–Crippen MR) is 49.8 cm³/mol. The van der Waals surface area contributed by atoms with Crippen molar-refractivity contribution in [2.45, 2.75) is 25.1 Å². The van der Waals surface area contributed by atoms with Crippen LogP contribution in [-0.4, -0.2) is 49.7 Å². The van der Waals surface area contributed by atoms with Gasteiger partial charge in [-0.05, 0) is 12.8 Å². The molecule has 0 aromatic heterocycles. The van der Waals surface area contributed by atoms with Crippen LogP contribution in [0.5, 0.6) is 0 Å². The minimum absolute atomic E-state index is 0.183. The monoisotopic (exact) mass is 262 g/mol. The van der Waals surface area contributed by atoms with Crippen LogP contribution in [-0.2, 0) is 10.2 Å². The van der Waals surface area contributed by atoms with E-state index < -0.39 is 29.5 Å². The van der Waals surface area contributed by atoms with E-state index in [1.165, 1.54) is 4.72 Å². The van der Waals surface area contributed by atoms with E-state index in [1.807, 2.05) is 0 Å². The lowest BCUT2D eigenvalue weighted by Gasteiger charge is -2.21. The second-order valence-corrected chi connectivity index (χ2v) is 5.21. The Balaban J connectivity index is 2.59. The number of aliphatic hydroxyl groups excluding tert-OH is 1. The van der Waals surface area contributed by atoms with E-state index in [0.717, 1.165) is 4.31 Å². The maximum absolute atomic E-state index is 11.9. The summed E-state index contributed by atoms with van der Waals surface area (Å²) in [7, 11) is -4.15. The van der Waals surface area contributed by atoms with E-state index in [-0.39, 0.29) is 12.6 Å². The zero-order chi connectivity index (χ0) is 12.4. The van der Waals surface area contributed by atoms with Gasteiger partial charge in [-0.1, -0.05) is 0 Å². The number of hydrogen-bond acceptors (Lipinski definition) is 3. The van der Waals surface area contributed by atoms with Gasteiger partial charge >= 0.3 is 6.18 Å². The van der Waals surface area contributed by atoms with Gasteiger partial charge in [-0.25, -0.2) is 0 Å². The number of hydrogen-bond donors (Lipinski definition) is 2. The van der Waals surface area contributed by atoms with E-state index >= 15 is 0 Å². The first-order valence-corrected chi connectivity index (χ1v) is 6.14. The third kappa shape index (κ3) is 4.24. The minimum atomic E-state index is -4.58. The number of alkyl halides is 3. The van der Waals surface area contributed by atoms with E-state index in [9.17, 15) is 21.6 Å². The van der Waals surface area contributed by atoms with E-state index in [4.69, 9.17) is 5.11 Å². The quantitative estimate of drug-likeness (QED) is 0.699. The maximum atomic E-state index is 11.9. The molecule has 0 aromatic rings. The first-order valence-electron chi connectivity index (χ1n) is 4.70. The first kappa shape index (κ1) is 13.7. The van der Waals surface area contributed by atoms with Gasteiger partial charge in [0.15, 0.2) is 0 Å². The van der Waals surface area contributed by atoms with Crippen LogP contribution in [0.2, 0.25) is 0 Å². The molecule has 5 nitrogen and oxygen atoms in total. The van der Waals surface area contributed by atoms with Gasteiger partial charge in [-0.15, -0.1) is 0 Å². The third-order valence-corrected chi connectivity index (χ3v) is 3.65. The largest absolute Gasteiger partial charge is 0.402 e. The first-order chi connectivity index (χ1) is 7.26. The molecular weight excluding hydrogens is 249 g/mol. The van der Waals surface area contributed by atoms with Gasteiger partial charge in [0.25, 0.3) is 10.2 Å². The average Bonchev–Trinajstić information content (AvgIpc) is 2.93. The Morgan fingerprint density at radius 2 is 1.94 bits per heavy atom. The molecule has 0 bridgehead atoms. The van der Waals surface area contributed by atoms with Crippen LogP contribution >= 0.6 is 0 Å². The molecule has 0 unspecified atom stereocenters. The van der Waals surface area contributed by atoms with Crippen molar-refractivity contribution in [3.63, 3.8) is 0 Å². The molecule has 0 heterocycles. The number of halogens is 3. The molecule has 0 atom stereocenters. The van der Waals surface area contributed by atoms with Crippen molar-refractivity contribution in [3.8, 4) is 0 Å². The maximum Gasteiger partial charge on any atom is 0.402 e. The molecule has 1 fully saturated rings. The molecular formula is C7H13F3N2O3S. The van der Waals surface area contributed by atoms with Crippen LogP contribution < -0.4 is 4.72 Å². The highest BCUT2D eigenvalue weighted by Gasteiger charge is 2.38. The molecule has 1 saturated carbocycles. The van der Waals surface area contributed by atoms with Gasteiger partial charge in [0.05, 0.1) is 6.61 Å². The molecule has 1 rings (SSSR count). The van der Waals surface area contributed by atoms with Crippen LogP contribution in [0.1, 0.15) is 12.8 Å². The lowest BCUT2D eigenvalue weighted by molar-refractivity contribution is -0.121. The number of nitrogens with one attached hydrogen (secondary N) is 1. The van der Waals surface area contributed by atoms with Crippen molar-refractivity contribution in [2.75, 3.05) is 19.7 Å². The molecule has 1 aliphatic carbocycles. The third-order valence-electron chi connectivity index (χ3n) is 2.04. The SMILES string of the molecule is O=S(=O)(NCC(F)(F)F)N(CCO)C1CC1. The summed E-state index contributed by atoms with van der Waals surface area (Å²) in [4.78, 5) is 0. The van der Waals surface area contributed by atoms with E-state index in [1.54, 1.807) is 0 Å². The molecule has 0 spiro atoms. The van der Waals surface area contributed by atoms with Crippen LogP contribution in [0.3, 0.4) is 0 Å². The minimum Gasteiger partial charge on any atom is -0.395 e. The molecule has 0 aromatic carbocycles. The van der Waals surface area contributed by atoms with Crippen LogP contribution in [0.25, 0.3) is 0 Å². The zero-order valence-electron chi connectivity index (χ0n) is 8.37. The lowest BCUT2D eigenvalue weighted by atomic mass is 10.6. The predicted octanol–water partition coefficient (Wildman–Crippen LogP) is -0.160. The number of aliphatic hydroxyl groups is 1. The molecule has 9 heteroatoms. The molecule has 96 valence electrons. The molecule has 2 N–H and O–H groups in total. The zero-order valence-corrected chi connectivity index (χ0v) is 9.18. The fourth-order valence-corrected chi connectivity index (χ4v) is 2.65. The van der Waals surface area contributed by atoms with Crippen LogP contribution in [0, 0.1) is 0 Å². The summed E-state index contributed by atoms with van der Waals surface area (Å²) < 4.78 is 60.8. The van der Waals surface area contributed by atoms with Gasteiger partial charge in [0, 0.05) is 12.6 Å². The summed E-state index contributed by atoms with van der Waals surface area (Å²) in [5, 5.41) is 8.65. The molecule has 16 heavy (non-hydrogen) atoms. The fourth-order valence-electron chi connectivity index (χ4n) is 1.22. The van der Waals surface area contributed by atoms with Gasteiger partial charge in [0.1, 0.15) is 6.54 Å². The van der Waals surface area contributed by atoms with Crippen molar-refractivity contribution < 1.29 is 26.7 Å². The Labute approximate surface area is 91.4 Å². The highest BCUT2D eigenvalue weighted by Crippen LogP contribution is 2.28. The molecule has 0 saturated heterocycles. The van der Waals surface area contributed by atoms with Crippen molar-refractivity contribution >= 4 is 10.2 Å². The van der Waals surface area contributed by atoms with Crippen LogP contribution in [0.15, 0.2) is 0 Å². The fraction of sp³-hybridized carbons (Fsp3) is 1.00. The molecule has 0 radical (unpaired) electrons. The van der Waals surface area contributed by atoms with E-state index in [0.29, 0.717) is 12.8 Å². The normalized spacial score (nSPS) is 18.1. The average molecular weight is 262 g/mol. The number of nitrogens with zero attached hydrogens (tertiary/aromatic N) is 1. The lowest BCUT2D eigenvalue weighted by Crippen LogP contribution is -2.46. The summed E-state index contributed by atoms with van der Waals surface area (Å²) in [6, 6.07) is -0.280. The summed E-state index contributed by atoms with van der Waals surface area (Å²) >= 11 is 0. The van der Waals surface area contributed by atoms with Crippen molar-refractivity contribution in [1.82, 2.24) is 9.03 Å². The summed E-state index contributed by atoms with van der Waals surface area (Å²) in [5.74, 6) is 0. The van der Waals surface area contributed by atoms with Gasteiger partial charge in [-0.2, -0.15) is 30.6 Å². The van der Waals surface area contributed by atoms with Crippen molar-refractivity contribution in [1.29, 1.82) is 0 Å². The summed E-state index contributed by atoms with van der Waals surface area (Å²) in [6.45, 7) is -2.19. The Morgan fingerprint density at radius 3 is 2.31 bits per heavy atom. The van der Waals surface area contributed by atoms with Crippen molar-refractivity contribution in [3.05, 3.63) is 0 Å². The highest BCUT2D eigenvalue weighted by molar-refractivity contribution is 7.87. The molecule has 0 amide bonds. The molecule has 0 aliphatic heterocycles. The van der Waals surface area contributed by atoms with Gasteiger partial charge in [0.2, 0.25) is 0 Å². The molecule has 1 aliphatic rings. The second kappa shape index (κ2) is 4.86. The summed E-state index contributed by atoms with van der Waals surface area (Å²) in [5.41, 5.74) is 0. The highest BCUT2D eigenvalue weighted by atomic mass is 32.2. The Bertz CT molecular complexity index is 326. The van der Waals surface area contributed by atoms with Gasteiger partial charge in [-0.3, -0.25) is 0 Å². The smallest absolute Gasteiger partial charge is 0.395 e. The topological polar surface area (TPSA) is 69.6 Å². The van der Waals surface area contributed by atoms with Gasteiger partial charge < -0.3 is 5.11 Å². The standard InChI is InChI=1S/C7H13F3N2O3S/c8-7(9,10)5-11-16(14,15)12(3-4-13)6-1-2-6/h6,11,13H,1-5H2. The van der Waals surface area contributed by atoms with Crippen molar-refractivity contribution in [2.24, 2.45) is 0 Å².